The fourth-order valence-corrected chi connectivity index (χ4v) is 3.61. The van der Waals surface area contributed by atoms with Gasteiger partial charge >= 0.3 is 5.97 Å². The van der Waals surface area contributed by atoms with Crippen LogP contribution in [0.5, 0.6) is 0 Å². The first-order valence-electron chi connectivity index (χ1n) is 9.36. The van der Waals surface area contributed by atoms with Crippen molar-refractivity contribution in [1.82, 2.24) is 10.2 Å². The number of sulfonamides is 1. The molecular formula is C18H28N4O6S. The monoisotopic (exact) mass is 428 g/mol. The molecule has 0 saturated carbocycles. The largest absolute Gasteiger partial charge is 0.478 e. The van der Waals surface area contributed by atoms with Crippen molar-refractivity contribution in [2.75, 3.05) is 68.4 Å². The Morgan fingerprint density at radius 1 is 1.21 bits per heavy atom. The van der Waals surface area contributed by atoms with Gasteiger partial charge in [0.25, 0.3) is 0 Å². The molecule has 3 N–H and O–H groups in total. The van der Waals surface area contributed by atoms with Gasteiger partial charge in [0, 0.05) is 39.8 Å². The number of amides is 1. The molecule has 0 atom stereocenters. The van der Waals surface area contributed by atoms with Crippen LogP contribution < -0.4 is 14.9 Å². The molecule has 1 aliphatic rings. The topological polar surface area (TPSA) is 128 Å². The Labute approximate surface area is 170 Å². The Balaban J connectivity index is 2.05. The van der Waals surface area contributed by atoms with E-state index < -0.39 is 16.0 Å². The smallest absolute Gasteiger partial charge is 0.335 e. The first kappa shape index (κ1) is 22.9. The van der Waals surface area contributed by atoms with Crippen LogP contribution >= 0.6 is 0 Å². The molecule has 0 unspecified atom stereocenters. The number of carbonyl (C=O) groups is 2. The molecule has 162 valence electrons. The highest BCUT2D eigenvalue weighted by atomic mass is 32.2. The average Bonchev–Trinajstić information content (AvgIpc) is 2.68. The van der Waals surface area contributed by atoms with Crippen molar-refractivity contribution >= 4 is 33.3 Å². The van der Waals surface area contributed by atoms with E-state index in [2.05, 4.69) is 10.0 Å². The normalized spacial score (nSPS) is 15.2. The zero-order valence-electron chi connectivity index (χ0n) is 16.7. The molecule has 1 saturated heterocycles. The lowest BCUT2D eigenvalue weighted by molar-refractivity contribution is -0.122. The lowest BCUT2D eigenvalue weighted by Crippen LogP contribution is -2.50. The maximum absolute atomic E-state index is 12.0. The molecule has 0 aliphatic carbocycles. The maximum Gasteiger partial charge on any atom is 0.335 e. The van der Waals surface area contributed by atoms with E-state index in [0.717, 1.165) is 0 Å². The van der Waals surface area contributed by atoms with Crippen LogP contribution in [-0.2, 0) is 19.6 Å². The van der Waals surface area contributed by atoms with Crippen LogP contribution in [0.4, 0.5) is 11.4 Å². The highest BCUT2D eigenvalue weighted by Crippen LogP contribution is 2.29. The Kier molecular flexibility index (Phi) is 8.23. The predicted molar refractivity (Wildman–Crippen MR) is 110 cm³/mol. The van der Waals surface area contributed by atoms with Crippen molar-refractivity contribution in [3.63, 3.8) is 0 Å². The number of nitrogens with one attached hydrogen (secondary N) is 2. The molecule has 11 heteroatoms. The van der Waals surface area contributed by atoms with Crippen LogP contribution in [0, 0.1) is 0 Å². The lowest BCUT2D eigenvalue weighted by Gasteiger charge is -2.36. The molecule has 0 radical (unpaired) electrons. The molecule has 0 aromatic heterocycles. The summed E-state index contributed by atoms with van der Waals surface area (Å²) in [6, 6.07) is 4.40. The number of carboxylic acid groups (broad SMARTS) is 1. The van der Waals surface area contributed by atoms with Crippen molar-refractivity contribution in [2.24, 2.45) is 0 Å². The van der Waals surface area contributed by atoms with Crippen molar-refractivity contribution in [3.05, 3.63) is 23.8 Å². The number of carbonyl (C=O) groups excluding carboxylic acids is 1. The standard InChI is InChI=1S/C18H28N4O6S/c1-3-29(26,27)20-15-12-14(18(24)25)4-5-16(15)22-9-7-21(8-10-22)13-17(23)19-6-11-28-2/h4-5,12,20H,3,6-11,13H2,1-2H3,(H,19,23)(H,24,25). The van der Waals surface area contributed by atoms with E-state index in [1.165, 1.54) is 19.1 Å². The van der Waals surface area contributed by atoms with Crippen LogP contribution in [0.2, 0.25) is 0 Å². The van der Waals surface area contributed by atoms with E-state index >= 15 is 0 Å². The van der Waals surface area contributed by atoms with Gasteiger partial charge in [0.2, 0.25) is 15.9 Å². The second kappa shape index (κ2) is 10.4. The average molecular weight is 429 g/mol. The molecule has 1 aromatic carbocycles. The lowest BCUT2D eigenvalue weighted by atomic mass is 10.1. The van der Waals surface area contributed by atoms with Gasteiger partial charge in [-0.05, 0) is 25.1 Å². The molecule has 2 rings (SSSR count). The van der Waals surface area contributed by atoms with E-state index in [1.807, 2.05) is 9.80 Å². The van der Waals surface area contributed by atoms with Gasteiger partial charge in [0.05, 0.1) is 35.8 Å². The Hall–Kier alpha value is -2.37. The number of ether oxygens (including phenoxy) is 1. The predicted octanol–water partition coefficient (Wildman–Crippen LogP) is 0.0310. The van der Waals surface area contributed by atoms with Crippen molar-refractivity contribution in [1.29, 1.82) is 0 Å². The number of methoxy groups -OCH3 is 1. The summed E-state index contributed by atoms with van der Waals surface area (Å²) in [7, 11) is -1.98. The van der Waals surface area contributed by atoms with Gasteiger partial charge in [-0.2, -0.15) is 0 Å². The minimum atomic E-state index is -3.56. The molecule has 10 nitrogen and oxygen atoms in total. The van der Waals surface area contributed by atoms with Gasteiger partial charge in [0.15, 0.2) is 0 Å². The molecule has 1 amide bonds. The third kappa shape index (κ3) is 6.87. The van der Waals surface area contributed by atoms with Crippen LogP contribution in [0.3, 0.4) is 0 Å². The maximum atomic E-state index is 12.0. The number of hydrogen-bond acceptors (Lipinski definition) is 7. The summed E-state index contributed by atoms with van der Waals surface area (Å²) in [6.07, 6.45) is 0. The third-order valence-electron chi connectivity index (χ3n) is 4.60. The Morgan fingerprint density at radius 2 is 1.90 bits per heavy atom. The zero-order chi connectivity index (χ0) is 21.4. The fourth-order valence-electron chi connectivity index (χ4n) is 2.96. The van der Waals surface area contributed by atoms with Gasteiger partial charge in [-0.1, -0.05) is 0 Å². The molecule has 1 aromatic rings. The fraction of sp³-hybridized carbons (Fsp3) is 0.556. The minimum absolute atomic E-state index is 0.00826. The van der Waals surface area contributed by atoms with E-state index in [1.54, 1.807) is 13.2 Å². The van der Waals surface area contributed by atoms with Gasteiger partial charge in [-0.3, -0.25) is 14.4 Å². The molecule has 1 heterocycles. The van der Waals surface area contributed by atoms with Crippen LogP contribution in [0.25, 0.3) is 0 Å². The van der Waals surface area contributed by atoms with Gasteiger partial charge in [-0.15, -0.1) is 0 Å². The summed E-state index contributed by atoms with van der Waals surface area (Å²) in [4.78, 5) is 27.2. The van der Waals surface area contributed by atoms with E-state index in [0.29, 0.717) is 45.0 Å². The molecular weight excluding hydrogens is 400 g/mol. The first-order valence-corrected chi connectivity index (χ1v) is 11.0. The minimum Gasteiger partial charge on any atom is -0.478 e. The van der Waals surface area contributed by atoms with Crippen molar-refractivity contribution in [2.45, 2.75) is 6.92 Å². The Morgan fingerprint density at radius 3 is 2.48 bits per heavy atom. The number of nitrogens with zero attached hydrogens (tertiary/aromatic N) is 2. The summed E-state index contributed by atoms with van der Waals surface area (Å²) in [5.74, 6) is -1.31. The number of piperazine rings is 1. The van der Waals surface area contributed by atoms with E-state index in [4.69, 9.17) is 4.74 Å². The third-order valence-corrected chi connectivity index (χ3v) is 5.89. The first-order chi connectivity index (χ1) is 13.8. The Bertz CT molecular complexity index is 822. The summed E-state index contributed by atoms with van der Waals surface area (Å²) in [6.45, 7) is 5.13. The highest BCUT2D eigenvalue weighted by molar-refractivity contribution is 7.92. The number of benzene rings is 1. The van der Waals surface area contributed by atoms with Crippen LogP contribution in [-0.4, -0.2) is 89.0 Å². The van der Waals surface area contributed by atoms with Gasteiger partial charge < -0.3 is 20.1 Å². The van der Waals surface area contributed by atoms with E-state index in [-0.39, 0.29) is 29.5 Å². The van der Waals surface area contributed by atoms with Crippen molar-refractivity contribution in [3.8, 4) is 0 Å². The summed E-state index contributed by atoms with van der Waals surface area (Å²) in [5, 5.41) is 12.0. The van der Waals surface area contributed by atoms with Crippen LogP contribution in [0.15, 0.2) is 18.2 Å². The summed E-state index contributed by atoms with van der Waals surface area (Å²) >= 11 is 0. The molecule has 0 spiro atoms. The van der Waals surface area contributed by atoms with Crippen molar-refractivity contribution < 1.29 is 27.9 Å². The van der Waals surface area contributed by atoms with Gasteiger partial charge in [0.1, 0.15) is 0 Å². The summed E-state index contributed by atoms with van der Waals surface area (Å²) < 4.78 is 31.4. The number of carboxylic acids is 1. The number of rotatable bonds is 10. The quantitative estimate of drug-likeness (QED) is 0.446. The van der Waals surface area contributed by atoms with Crippen LogP contribution in [0.1, 0.15) is 17.3 Å². The number of aromatic carboxylic acids is 1. The second-order valence-corrected chi connectivity index (χ2v) is 8.66. The SMILES string of the molecule is CCS(=O)(=O)Nc1cc(C(=O)O)ccc1N1CCN(CC(=O)NCCOC)CC1. The second-order valence-electron chi connectivity index (χ2n) is 6.65. The molecule has 1 fully saturated rings. The summed E-state index contributed by atoms with van der Waals surface area (Å²) in [5.41, 5.74) is 0.877. The van der Waals surface area contributed by atoms with Gasteiger partial charge in [-0.25, -0.2) is 13.2 Å². The number of hydrogen-bond donors (Lipinski definition) is 3. The van der Waals surface area contributed by atoms with E-state index in [9.17, 15) is 23.1 Å². The zero-order valence-corrected chi connectivity index (χ0v) is 17.5. The number of anilines is 2. The molecule has 1 aliphatic heterocycles. The highest BCUT2D eigenvalue weighted by Gasteiger charge is 2.23. The molecule has 29 heavy (non-hydrogen) atoms. The molecule has 0 bridgehead atoms.